The quantitative estimate of drug-likeness (QED) is 0.0229. The summed E-state index contributed by atoms with van der Waals surface area (Å²) in [6.07, 6.45) is -44.2. The van der Waals surface area contributed by atoms with Crippen LogP contribution in [0.15, 0.2) is 0 Å². The fraction of sp³-hybridized carbons (Fsp3) is 0.975. The van der Waals surface area contributed by atoms with Crippen LogP contribution in [0.4, 0.5) is 0 Å². The summed E-state index contributed by atoms with van der Waals surface area (Å²) in [5.41, 5.74) is 0. The number of aliphatic hydroxyl groups is 15. The monoisotopic (exact) mass is 1080 g/mol. The molecule has 0 bridgehead atoms. The number of phosphoric acid groups is 1. The van der Waals surface area contributed by atoms with Crippen molar-refractivity contribution in [2.24, 2.45) is 0 Å². The average molecular weight is 1080 g/mol. The van der Waals surface area contributed by atoms with Crippen molar-refractivity contribution in [3.05, 3.63) is 0 Å². The van der Waals surface area contributed by atoms with Gasteiger partial charge >= 0.3 is 5.97 Å². The van der Waals surface area contributed by atoms with E-state index >= 15 is 0 Å². The zero-order chi connectivity index (χ0) is 53.2. The van der Waals surface area contributed by atoms with Crippen LogP contribution in [0.5, 0.6) is 0 Å². The first-order valence-corrected chi connectivity index (χ1v) is 24.7. The van der Waals surface area contributed by atoms with Gasteiger partial charge in [-0.1, -0.05) is 25.7 Å². The van der Waals surface area contributed by atoms with Crippen molar-refractivity contribution in [1.82, 2.24) is 0 Å². The van der Waals surface area contributed by atoms with E-state index in [0.29, 0.717) is 25.7 Å². The van der Waals surface area contributed by atoms with Crippen molar-refractivity contribution in [3.63, 3.8) is 0 Å². The first-order chi connectivity index (χ1) is 34.1. The topological polar surface area (TPSA) is 494 Å². The molecule has 5 fully saturated rings. The van der Waals surface area contributed by atoms with Gasteiger partial charge in [-0.05, 0) is 12.8 Å². The summed E-state index contributed by atoms with van der Waals surface area (Å²) in [6.45, 7) is -4.87. The third-order valence-corrected chi connectivity index (χ3v) is 13.3. The van der Waals surface area contributed by atoms with Crippen LogP contribution in [-0.2, 0) is 66.0 Å². The molecule has 5 heterocycles. The minimum Gasteiger partial charge on any atom is -0.790 e. The molecule has 5 aliphatic heterocycles. The Morgan fingerprint density at radius 3 is 1.39 bits per heavy atom. The van der Waals surface area contributed by atoms with Crippen molar-refractivity contribution >= 4 is 13.8 Å². The van der Waals surface area contributed by atoms with E-state index in [0.717, 1.165) is 12.8 Å². The summed E-state index contributed by atoms with van der Waals surface area (Å²) >= 11 is 0. The number of hydrogen-bond donors (Lipinski definition) is 15. The van der Waals surface area contributed by atoms with Gasteiger partial charge in [0.05, 0.1) is 48.0 Å². The summed E-state index contributed by atoms with van der Waals surface area (Å²) in [6, 6.07) is 0. The second kappa shape index (κ2) is 28.3. The zero-order valence-electron chi connectivity index (χ0n) is 38.8. The second-order valence-corrected chi connectivity index (χ2v) is 19.0. The maximum Gasteiger partial charge on any atom is 0.305 e. The number of phosphoric ester groups is 1. The Labute approximate surface area is 411 Å². The fourth-order valence-electron chi connectivity index (χ4n) is 8.53. The maximum absolute atomic E-state index is 11.8. The van der Waals surface area contributed by atoms with E-state index in [1.165, 1.54) is 7.11 Å². The first-order valence-electron chi connectivity index (χ1n) is 23.3. The lowest BCUT2D eigenvalue weighted by Gasteiger charge is -2.49. The van der Waals surface area contributed by atoms with Gasteiger partial charge in [-0.15, -0.1) is 0 Å². The molecule has 32 heteroatoms. The van der Waals surface area contributed by atoms with Crippen LogP contribution in [0.25, 0.3) is 0 Å². The van der Waals surface area contributed by atoms with E-state index in [2.05, 4.69) is 9.26 Å². The Balaban J connectivity index is 1.38. The highest BCUT2D eigenvalue weighted by atomic mass is 31.2. The number of unbranched alkanes of at least 4 members (excludes halogenated alkanes) is 5. The third-order valence-electron chi connectivity index (χ3n) is 12.8. The third kappa shape index (κ3) is 15.6. The van der Waals surface area contributed by atoms with Crippen LogP contribution >= 0.6 is 7.82 Å². The number of carbonyl (C=O) groups excluding carboxylic acids is 1. The second-order valence-electron chi connectivity index (χ2n) is 17.8. The van der Waals surface area contributed by atoms with Gasteiger partial charge in [0.1, 0.15) is 122 Å². The molecule has 25 atom stereocenters. The minimum absolute atomic E-state index is 0.0868. The Hall–Kier alpha value is -1.42. The molecule has 0 amide bonds. The lowest BCUT2D eigenvalue weighted by atomic mass is 9.96. The highest BCUT2D eigenvalue weighted by molar-refractivity contribution is 7.43. The minimum atomic E-state index is -5.68. The number of ether oxygens (including phenoxy) is 11. The Bertz CT molecular complexity index is 1650. The SMILES string of the molecule is COC(=O)CCCCCCCCO[C@H]1O[C@H](CO[C@H]2O[C@H](CO)[C@@H](O)[C@H](O)[C@@H]2O[C@H]2O[C@H](CO)[C@@H](O)[C@H](O)[C@@H]2O)[C@@H](O)[C@H](O[C@H]2O[C@H](CO)[C@@H](O)[C@H](O)[C@@H]2O[C@H]2O[C@H](COP(=O)([O-])[O-])[C@@H](O)[C@H](O)[C@@H]2O)[C@@H]1O. The molecule has 31 nitrogen and oxygen atoms in total. The molecule has 5 aliphatic rings. The Morgan fingerprint density at radius 2 is 0.861 bits per heavy atom. The van der Waals surface area contributed by atoms with Crippen LogP contribution in [0.2, 0.25) is 0 Å². The molecule has 0 saturated carbocycles. The number of rotatable bonds is 25. The van der Waals surface area contributed by atoms with Gasteiger partial charge in [-0.3, -0.25) is 4.79 Å². The van der Waals surface area contributed by atoms with E-state index in [4.69, 9.17) is 47.4 Å². The van der Waals surface area contributed by atoms with Crippen LogP contribution in [0, 0.1) is 0 Å². The number of carbonyl (C=O) groups is 1. The highest BCUT2D eigenvalue weighted by Gasteiger charge is 2.56. The van der Waals surface area contributed by atoms with E-state index in [-0.39, 0.29) is 19.0 Å². The molecular formula is C40H69O31P-2. The fourth-order valence-corrected chi connectivity index (χ4v) is 8.86. The van der Waals surface area contributed by atoms with Gasteiger partial charge < -0.3 is 148 Å². The average Bonchev–Trinajstić information content (AvgIpc) is 3.35. The molecule has 5 rings (SSSR count). The molecule has 5 saturated heterocycles. The molecular weight excluding hydrogens is 1010 g/mol. The van der Waals surface area contributed by atoms with Crippen molar-refractivity contribution in [2.75, 3.05) is 46.8 Å². The summed E-state index contributed by atoms with van der Waals surface area (Å²) < 4.78 is 77.2. The molecule has 0 spiro atoms. The summed E-state index contributed by atoms with van der Waals surface area (Å²) in [7, 11) is -4.39. The molecule has 0 aromatic rings. The van der Waals surface area contributed by atoms with Gasteiger partial charge in [0.15, 0.2) is 31.5 Å². The molecule has 0 aromatic carbocycles. The van der Waals surface area contributed by atoms with Crippen molar-refractivity contribution in [2.45, 2.75) is 198 Å². The predicted molar refractivity (Wildman–Crippen MR) is 221 cm³/mol. The first kappa shape index (κ1) is 61.4. The predicted octanol–water partition coefficient (Wildman–Crippen LogP) is -10.1. The molecule has 0 unspecified atom stereocenters. The molecule has 15 N–H and O–H groups in total. The van der Waals surface area contributed by atoms with Gasteiger partial charge in [-0.25, -0.2) is 0 Å². The van der Waals surface area contributed by atoms with Gasteiger partial charge in [-0.2, -0.15) is 0 Å². The van der Waals surface area contributed by atoms with Crippen LogP contribution in [-0.4, -0.2) is 283 Å². The van der Waals surface area contributed by atoms with E-state index in [9.17, 15) is 95.7 Å². The molecule has 0 radical (unpaired) electrons. The van der Waals surface area contributed by atoms with E-state index in [1.54, 1.807) is 0 Å². The van der Waals surface area contributed by atoms with E-state index in [1.807, 2.05) is 0 Å². The van der Waals surface area contributed by atoms with Crippen LogP contribution < -0.4 is 9.79 Å². The summed E-state index contributed by atoms with van der Waals surface area (Å²) in [5.74, 6) is -0.333. The normalized spacial score (nSPS) is 44.2. The van der Waals surface area contributed by atoms with Crippen molar-refractivity contribution < 1.29 is 152 Å². The number of methoxy groups -OCH3 is 1. The molecule has 0 aromatic heterocycles. The summed E-state index contributed by atoms with van der Waals surface area (Å²) in [4.78, 5) is 33.7. The Kier molecular flexibility index (Phi) is 24.1. The smallest absolute Gasteiger partial charge is 0.305 e. The van der Waals surface area contributed by atoms with Crippen LogP contribution in [0.1, 0.15) is 44.9 Å². The lowest BCUT2D eigenvalue weighted by Crippen LogP contribution is -2.67. The molecule has 0 aliphatic carbocycles. The maximum atomic E-state index is 11.8. The van der Waals surface area contributed by atoms with E-state index < -0.39 is 194 Å². The number of esters is 1. The number of hydrogen-bond acceptors (Lipinski definition) is 31. The Morgan fingerprint density at radius 1 is 0.444 bits per heavy atom. The molecule has 422 valence electrons. The molecule has 72 heavy (non-hydrogen) atoms. The summed E-state index contributed by atoms with van der Waals surface area (Å²) in [5, 5.41) is 160. The van der Waals surface area contributed by atoms with Crippen molar-refractivity contribution in [3.8, 4) is 0 Å². The van der Waals surface area contributed by atoms with Gasteiger partial charge in [0.25, 0.3) is 0 Å². The largest absolute Gasteiger partial charge is 0.790 e. The van der Waals surface area contributed by atoms with Gasteiger partial charge in [0.2, 0.25) is 0 Å². The van der Waals surface area contributed by atoms with Gasteiger partial charge in [0, 0.05) is 13.0 Å². The lowest BCUT2D eigenvalue weighted by molar-refractivity contribution is -0.393. The van der Waals surface area contributed by atoms with Crippen LogP contribution in [0.3, 0.4) is 0 Å². The number of aliphatic hydroxyl groups excluding tert-OH is 15. The standard InChI is InChI=1S/C40H71O31P/c1-60-20(44)8-6-4-2-3-5-7-9-61-36-32(56)33(69-40-35(29(53)23(47)17(12-43)66-40)71-38-31(55)27(51)24(48)19(68-38)14-63-72(57,58)59)25(49)18(67-36)13-62-39-34(28(52)22(46)16(11-42)65-39)70-37-30(54)26(50)21(45)15(10-41)64-37/h15-19,21-43,45-56H,2-14H2,1H3,(H2,57,58,59)/p-2/t15-,16-,17-,18-,19-,21-,22-,23-,24-,25-,26+,27+,28+,29+,30+,31+,32+,33+,34+,35+,36+,37-,38-,39+,40-/m1/s1. The zero-order valence-corrected chi connectivity index (χ0v) is 39.7. The highest BCUT2D eigenvalue weighted by Crippen LogP contribution is 2.36. The van der Waals surface area contributed by atoms with Crippen molar-refractivity contribution in [1.29, 1.82) is 0 Å².